The number of sulfonamides is 1. The quantitative estimate of drug-likeness (QED) is 0.809. The van der Waals surface area contributed by atoms with Crippen molar-refractivity contribution in [3.8, 4) is 0 Å². The van der Waals surface area contributed by atoms with Gasteiger partial charge < -0.3 is 11.1 Å². The number of carbonyl (C=O) groups is 1. The summed E-state index contributed by atoms with van der Waals surface area (Å²) < 4.78 is 25.6. The molecule has 1 aliphatic heterocycles. The number of nitrogens with one attached hydrogen (secondary N) is 1. The molecule has 1 aromatic rings. The van der Waals surface area contributed by atoms with Crippen LogP contribution in [0.4, 0.5) is 0 Å². The zero-order valence-corrected chi connectivity index (χ0v) is 14.3. The molecule has 1 fully saturated rings. The first kappa shape index (κ1) is 17.9. The number of amides is 1. The van der Waals surface area contributed by atoms with E-state index in [1.165, 1.54) is 4.31 Å². The summed E-state index contributed by atoms with van der Waals surface area (Å²) in [6.45, 7) is 2.76. The molecule has 1 amide bonds. The first-order valence-electron chi connectivity index (χ1n) is 8.02. The highest BCUT2D eigenvalue weighted by molar-refractivity contribution is 7.89. The Kier molecular flexibility index (Phi) is 6.15. The molecule has 7 heteroatoms. The van der Waals surface area contributed by atoms with Crippen molar-refractivity contribution in [2.45, 2.75) is 38.3 Å². The number of hydrogen-bond acceptors (Lipinski definition) is 4. The predicted molar refractivity (Wildman–Crippen MR) is 90.2 cm³/mol. The minimum Gasteiger partial charge on any atom is -0.352 e. The maximum absolute atomic E-state index is 12.2. The highest BCUT2D eigenvalue weighted by atomic mass is 32.2. The second-order valence-corrected chi connectivity index (χ2v) is 7.97. The van der Waals surface area contributed by atoms with Gasteiger partial charge in [-0.05, 0) is 24.8 Å². The van der Waals surface area contributed by atoms with E-state index in [4.69, 9.17) is 5.73 Å². The van der Waals surface area contributed by atoms with Gasteiger partial charge in [-0.2, -0.15) is 0 Å². The van der Waals surface area contributed by atoms with E-state index in [9.17, 15) is 13.2 Å². The smallest absolute Gasteiger partial charge is 0.241 e. The van der Waals surface area contributed by atoms with Crippen LogP contribution in [0.25, 0.3) is 0 Å². The van der Waals surface area contributed by atoms with Crippen LogP contribution in [0.3, 0.4) is 0 Å². The van der Waals surface area contributed by atoms with Crippen molar-refractivity contribution in [2.75, 3.05) is 18.8 Å². The molecular weight excluding hydrogens is 314 g/mol. The van der Waals surface area contributed by atoms with Gasteiger partial charge in [-0.25, -0.2) is 12.7 Å². The third-order valence-corrected chi connectivity index (χ3v) is 6.17. The molecular formula is C16H25N3O3S. The fraction of sp³-hybridized carbons (Fsp3) is 0.562. The van der Waals surface area contributed by atoms with Crippen LogP contribution >= 0.6 is 0 Å². The van der Waals surface area contributed by atoms with Gasteiger partial charge in [-0.15, -0.1) is 0 Å². The Morgan fingerprint density at radius 3 is 2.48 bits per heavy atom. The van der Waals surface area contributed by atoms with Crippen LogP contribution in [0, 0.1) is 0 Å². The average molecular weight is 339 g/mol. The molecule has 1 aromatic carbocycles. The van der Waals surface area contributed by atoms with Crippen molar-refractivity contribution in [2.24, 2.45) is 5.73 Å². The van der Waals surface area contributed by atoms with E-state index in [0.717, 1.165) is 5.56 Å². The van der Waals surface area contributed by atoms with E-state index in [-0.39, 0.29) is 17.7 Å². The number of nitrogens with two attached hydrogens (primary N) is 1. The van der Waals surface area contributed by atoms with E-state index >= 15 is 0 Å². The summed E-state index contributed by atoms with van der Waals surface area (Å²) >= 11 is 0. The summed E-state index contributed by atoms with van der Waals surface area (Å²) in [4.78, 5) is 12.2. The van der Waals surface area contributed by atoms with E-state index in [2.05, 4.69) is 5.32 Å². The van der Waals surface area contributed by atoms with Gasteiger partial charge in [0, 0.05) is 19.1 Å². The molecule has 23 heavy (non-hydrogen) atoms. The molecule has 1 unspecified atom stereocenters. The van der Waals surface area contributed by atoms with Crippen molar-refractivity contribution in [1.82, 2.24) is 9.62 Å². The maximum atomic E-state index is 12.2. The van der Waals surface area contributed by atoms with Crippen LogP contribution in [0.15, 0.2) is 30.3 Å². The number of rotatable bonds is 6. The Hall–Kier alpha value is -1.44. The lowest BCUT2D eigenvalue weighted by molar-refractivity contribution is -0.123. The fourth-order valence-corrected chi connectivity index (χ4v) is 4.31. The fourth-order valence-electron chi connectivity index (χ4n) is 2.77. The van der Waals surface area contributed by atoms with Gasteiger partial charge in [0.1, 0.15) is 6.04 Å². The number of hydrogen-bond donors (Lipinski definition) is 2. The van der Waals surface area contributed by atoms with Crippen molar-refractivity contribution in [1.29, 1.82) is 0 Å². The van der Waals surface area contributed by atoms with Crippen LogP contribution in [0.2, 0.25) is 0 Å². The molecule has 6 nitrogen and oxygen atoms in total. The molecule has 3 N–H and O–H groups in total. The van der Waals surface area contributed by atoms with E-state index in [1.54, 1.807) is 0 Å². The standard InChI is InChI=1S/C16H25N3O3S/c1-2-12-23(21,22)19-10-8-14(9-11-19)18-16(20)15(17)13-6-4-3-5-7-13/h3-7,14-15H,2,8-12,17H2,1H3,(H,18,20). The zero-order valence-electron chi connectivity index (χ0n) is 13.4. The van der Waals surface area contributed by atoms with Crippen LogP contribution in [0.5, 0.6) is 0 Å². The highest BCUT2D eigenvalue weighted by Crippen LogP contribution is 2.16. The van der Waals surface area contributed by atoms with Gasteiger partial charge in [0.25, 0.3) is 0 Å². The number of carbonyl (C=O) groups excluding carboxylic acids is 1. The number of benzene rings is 1. The largest absolute Gasteiger partial charge is 0.352 e. The molecule has 0 saturated carbocycles. The normalized spacial score (nSPS) is 18.5. The highest BCUT2D eigenvalue weighted by Gasteiger charge is 2.28. The van der Waals surface area contributed by atoms with Crippen molar-refractivity contribution in [3.63, 3.8) is 0 Å². The third kappa shape index (κ3) is 4.76. The van der Waals surface area contributed by atoms with Crippen molar-refractivity contribution in [3.05, 3.63) is 35.9 Å². The predicted octanol–water partition coefficient (Wildman–Crippen LogP) is 1.01. The molecule has 1 heterocycles. The van der Waals surface area contributed by atoms with Crippen LogP contribution in [-0.4, -0.2) is 43.5 Å². The Bertz CT molecular complexity index is 611. The summed E-state index contributed by atoms with van der Waals surface area (Å²) in [5, 5.41) is 2.94. The minimum absolute atomic E-state index is 0.0228. The van der Waals surface area contributed by atoms with Gasteiger partial charge in [0.05, 0.1) is 5.75 Å². The second kappa shape index (κ2) is 7.90. The first-order chi connectivity index (χ1) is 10.9. The van der Waals surface area contributed by atoms with Crippen LogP contribution in [-0.2, 0) is 14.8 Å². The molecule has 0 radical (unpaired) electrons. The molecule has 1 saturated heterocycles. The maximum Gasteiger partial charge on any atom is 0.241 e. The van der Waals surface area contributed by atoms with Gasteiger partial charge >= 0.3 is 0 Å². The lowest BCUT2D eigenvalue weighted by Crippen LogP contribution is -2.48. The Morgan fingerprint density at radius 1 is 1.30 bits per heavy atom. The molecule has 0 spiro atoms. The van der Waals surface area contributed by atoms with Crippen molar-refractivity contribution >= 4 is 15.9 Å². The molecule has 1 aliphatic rings. The number of nitrogens with zero attached hydrogens (tertiary/aromatic N) is 1. The van der Waals surface area contributed by atoms with E-state index < -0.39 is 16.1 Å². The van der Waals surface area contributed by atoms with Crippen LogP contribution < -0.4 is 11.1 Å². The van der Waals surface area contributed by atoms with E-state index in [0.29, 0.717) is 32.4 Å². The molecule has 128 valence electrons. The summed E-state index contributed by atoms with van der Waals surface area (Å²) in [6, 6.07) is 8.50. The van der Waals surface area contributed by atoms with Crippen molar-refractivity contribution < 1.29 is 13.2 Å². The lowest BCUT2D eigenvalue weighted by Gasteiger charge is -2.32. The average Bonchev–Trinajstić information content (AvgIpc) is 2.55. The third-order valence-electron chi connectivity index (χ3n) is 4.10. The SMILES string of the molecule is CCCS(=O)(=O)N1CCC(NC(=O)C(N)c2ccccc2)CC1. The van der Waals surface area contributed by atoms with Gasteiger partial charge in [-0.3, -0.25) is 4.79 Å². The lowest BCUT2D eigenvalue weighted by atomic mass is 10.0. The molecule has 0 aromatic heterocycles. The van der Waals surface area contributed by atoms with Gasteiger partial charge in [0.15, 0.2) is 0 Å². The number of piperidine rings is 1. The minimum atomic E-state index is -3.15. The van der Waals surface area contributed by atoms with Gasteiger partial charge in [0.2, 0.25) is 15.9 Å². The van der Waals surface area contributed by atoms with Gasteiger partial charge in [-0.1, -0.05) is 37.3 Å². The Balaban J connectivity index is 1.86. The second-order valence-electron chi connectivity index (χ2n) is 5.89. The topological polar surface area (TPSA) is 92.5 Å². The summed E-state index contributed by atoms with van der Waals surface area (Å²) in [5.74, 6) is -0.0332. The Labute approximate surface area is 138 Å². The summed E-state index contributed by atoms with van der Waals surface area (Å²) in [7, 11) is -3.15. The molecule has 1 atom stereocenters. The monoisotopic (exact) mass is 339 g/mol. The summed E-state index contributed by atoms with van der Waals surface area (Å²) in [5.41, 5.74) is 6.74. The molecule has 2 rings (SSSR count). The zero-order chi connectivity index (χ0) is 16.9. The Morgan fingerprint density at radius 2 is 1.91 bits per heavy atom. The molecule has 0 bridgehead atoms. The van der Waals surface area contributed by atoms with E-state index in [1.807, 2.05) is 37.3 Å². The van der Waals surface area contributed by atoms with Crippen LogP contribution in [0.1, 0.15) is 37.8 Å². The molecule has 0 aliphatic carbocycles. The summed E-state index contributed by atoms with van der Waals surface area (Å²) in [6.07, 6.45) is 1.86. The first-order valence-corrected chi connectivity index (χ1v) is 9.63.